The van der Waals surface area contributed by atoms with Crippen molar-refractivity contribution in [3.8, 4) is 11.4 Å². The Labute approximate surface area is 190 Å². The lowest BCUT2D eigenvalue weighted by atomic mass is 10.1. The molecule has 33 heavy (non-hydrogen) atoms. The highest BCUT2D eigenvalue weighted by atomic mass is 16.1. The molecule has 0 atom stereocenters. The molecule has 0 fully saturated rings. The van der Waals surface area contributed by atoms with Gasteiger partial charge in [0.2, 0.25) is 5.95 Å². The number of carbonyl (C=O) groups is 1. The molecule has 0 bridgehead atoms. The summed E-state index contributed by atoms with van der Waals surface area (Å²) in [5, 5.41) is 6.02. The second kappa shape index (κ2) is 8.43. The predicted molar refractivity (Wildman–Crippen MR) is 129 cm³/mol. The molecule has 162 valence electrons. The molecule has 8 nitrogen and oxygen atoms in total. The first kappa shape index (κ1) is 20.2. The van der Waals surface area contributed by atoms with E-state index in [1.54, 1.807) is 36.5 Å². The van der Waals surface area contributed by atoms with Gasteiger partial charge in [-0.2, -0.15) is 0 Å². The van der Waals surface area contributed by atoms with Gasteiger partial charge in [0.15, 0.2) is 0 Å². The van der Waals surface area contributed by atoms with Gasteiger partial charge in [-0.25, -0.2) is 15.0 Å². The Kier molecular flexibility index (Phi) is 5.16. The topological polar surface area (TPSA) is 110 Å². The van der Waals surface area contributed by atoms with Crippen molar-refractivity contribution in [1.29, 1.82) is 0 Å². The predicted octanol–water partition coefficient (Wildman–Crippen LogP) is 4.68. The molecule has 0 unspecified atom stereocenters. The zero-order valence-electron chi connectivity index (χ0n) is 17.9. The lowest BCUT2D eigenvalue weighted by molar-refractivity contribution is 0.102. The van der Waals surface area contributed by atoms with E-state index in [-0.39, 0.29) is 5.91 Å². The second-order valence-corrected chi connectivity index (χ2v) is 7.49. The van der Waals surface area contributed by atoms with Crippen LogP contribution in [0.15, 0.2) is 85.2 Å². The molecular formula is C25H21N7O. The molecule has 1 amide bonds. The number of benzene rings is 2. The van der Waals surface area contributed by atoms with Crippen LogP contribution in [0.3, 0.4) is 0 Å². The van der Waals surface area contributed by atoms with Crippen LogP contribution in [-0.2, 0) is 0 Å². The quantitative estimate of drug-likeness (QED) is 0.346. The molecule has 0 spiro atoms. The Morgan fingerprint density at radius 1 is 0.970 bits per heavy atom. The van der Waals surface area contributed by atoms with Crippen molar-refractivity contribution in [2.24, 2.45) is 0 Å². The normalized spacial score (nSPS) is 10.8. The van der Waals surface area contributed by atoms with Gasteiger partial charge in [0.25, 0.3) is 5.91 Å². The number of aromatic nitrogens is 4. The molecule has 0 saturated carbocycles. The number of nitrogens with zero attached hydrogens (tertiary/aromatic N) is 4. The van der Waals surface area contributed by atoms with E-state index < -0.39 is 0 Å². The van der Waals surface area contributed by atoms with E-state index in [1.165, 1.54) is 0 Å². The summed E-state index contributed by atoms with van der Waals surface area (Å²) in [7, 11) is 0. The standard InChI is InChI=1S/C25H21N7O/c1-16-23(32-14-5-4-11-22(32)28-16)21-12-13-27-25(31-21)29-18-8-6-7-17(15-18)24(33)30-20-10-3-2-9-19(20)26/h2-15H,26H2,1H3,(H,30,33)(H,27,29,31). The number of nitrogen functional groups attached to an aromatic ring is 1. The number of amides is 1. The number of anilines is 4. The minimum Gasteiger partial charge on any atom is -0.397 e. The van der Waals surface area contributed by atoms with Crippen molar-refractivity contribution in [1.82, 2.24) is 19.4 Å². The molecule has 0 aliphatic carbocycles. The molecule has 0 saturated heterocycles. The van der Waals surface area contributed by atoms with Crippen LogP contribution in [0.1, 0.15) is 16.1 Å². The van der Waals surface area contributed by atoms with Crippen molar-refractivity contribution < 1.29 is 4.79 Å². The zero-order chi connectivity index (χ0) is 22.8. The van der Waals surface area contributed by atoms with E-state index in [2.05, 4.69) is 25.6 Å². The maximum atomic E-state index is 12.7. The van der Waals surface area contributed by atoms with Crippen molar-refractivity contribution in [3.63, 3.8) is 0 Å². The van der Waals surface area contributed by atoms with Gasteiger partial charge >= 0.3 is 0 Å². The average Bonchev–Trinajstić information content (AvgIpc) is 3.16. The van der Waals surface area contributed by atoms with Crippen LogP contribution in [0.25, 0.3) is 17.0 Å². The summed E-state index contributed by atoms with van der Waals surface area (Å²) in [4.78, 5) is 26.3. The number of carbonyl (C=O) groups excluding carboxylic acids is 1. The Bertz CT molecular complexity index is 1470. The van der Waals surface area contributed by atoms with E-state index in [4.69, 9.17) is 5.73 Å². The first-order chi connectivity index (χ1) is 16.1. The fraction of sp³-hybridized carbons (Fsp3) is 0.0400. The average molecular weight is 435 g/mol. The number of hydrogen-bond donors (Lipinski definition) is 3. The first-order valence-corrected chi connectivity index (χ1v) is 10.4. The highest BCUT2D eigenvalue weighted by Gasteiger charge is 2.13. The van der Waals surface area contributed by atoms with Crippen molar-refractivity contribution in [3.05, 3.63) is 96.4 Å². The summed E-state index contributed by atoms with van der Waals surface area (Å²) < 4.78 is 2.00. The molecule has 5 aromatic rings. The highest BCUT2D eigenvalue weighted by molar-refractivity contribution is 6.06. The molecule has 4 N–H and O–H groups in total. The SMILES string of the molecule is Cc1nc2ccccn2c1-c1ccnc(Nc2cccc(C(=O)Nc3ccccc3N)c2)n1. The molecule has 0 radical (unpaired) electrons. The zero-order valence-corrected chi connectivity index (χ0v) is 17.9. The summed E-state index contributed by atoms with van der Waals surface area (Å²) in [5.74, 6) is 0.162. The summed E-state index contributed by atoms with van der Waals surface area (Å²) in [6.07, 6.45) is 3.66. The number of para-hydroxylation sites is 2. The molecule has 3 aromatic heterocycles. The Balaban J connectivity index is 1.40. The Morgan fingerprint density at radius 3 is 2.70 bits per heavy atom. The Morgan fingerprint density at radius 2 is 1.82 bits per heavy atom. The number of aryl methyl sites for hydroxylation is 1. The lowest BCUT2D eigenvalue weighted by Gasteiger charge is -2.10. The molecular weight excluding hydrogens is 414 g/mol. The van der Waals surface area contributed by atoms with Gasteiger partial charge in [-0.15, -0.1) is 0 Å². The molecule has 0 aliphatic rings. The maximum Gasteiger partial charge on any atom is 0.255 e. The Hall–Kier alpha value is -4.72. The van der Waals surface area contributed by atoms with Gasteiger partial charge in [0, 0.05) is 23.6 Å². The lowest BCUT2D eigenvalue weighted by Crippen LogP contribution is -2.13. The maximum absolute atomic E-state index is 12.7. The van der Waals surface area contributed by atoms with Crippen molar-refractivity contribution in [2.75, 3.05) is 16.4 Å². The van der Waals surface area contributed by atoms with E-state index in [0.717, 1.165) is 22.7 Å². The van der Waals surface area contributed by atoms with E-state index in [1.807, 2.05) is 60.0 Å². The van der Waals surface area contributed by atoms with Crippen LogP contribution in [0.2, 0.25) is 0 Å². The molecule has 8 heteroatoms. The van der Waals surface area contributed by atoms with Gasteiger partial charge in [-0.3, -0.25) is 9.20 Å². The summed E-state index contributed by atoms with van der Waals surface area (Å²) >= 11 is 0. The van der Waals surface area contributed by atoms with Gasteiger partial charge in [-0.1, -0.05) is 24.3 Å². The number of fused-ring (bicyclic) bond motifs is 1. The summed E-state index contributed by atoms with van der Waals surface area (Å²) in [6.45, 7) is 1.96. The number of pyridine rings is 1. The van der Waals surface area contributed by atoms with Crippen molar-refractivity contribution in [2.45, 2.75) is 6.92 Å². The first-order valence-electron chi connectivity index (χ1n) is 10.4. The van der Waals surface area contributed by atoms with Crippen LogP contribution >= 0.6 is 0 Å². The fourth-order valence-electron chi connectivity index (χ4n) is 3.65. The monoisotopic (exact) mass is 435 g/mol. The van der Waals surface area contributed by atoms with Crippen LogP contribution in [0.4, 0.5) is 23.0 Å². The third-order valence-electron chi connectivity index (χ3n) is 5.19. The van der Waals surface area contributed by atoms with E-state index in [9.17, 15) is 4.79 Å². The fourth-order valence-corrected chi connectivity index (χ4v) is 3.65. The van der Waals surface area contributed by atoms with Crippen LogP contribution in [0.5, 0.6) is 0 Å². The van der Waals surface area contributed by atoms with Gasteiger partial charge in [0.1, 0.15) is 5.65 Å². The van der Waals surface area contributed by atoms with Crippen LogP contribution in [-0.4, -0.2) is 25.3 Å². The molecule has 3 heterocycles. The van der Waals surface area contributed by atoms with Crippen molar-refractivity contribution >= 4 is 34.6 Å². The second-order valence-electron chi connectivity index (χ2n) is 7.49. The number of nitrogens with two attached hydrogens (primary N) is 1. The van der Waals surface area contributed by atoms with Crippen LogP contribution in [0, 0.1) is 6.92 Å². The van der Waals surface area contributed by atoms with E-state index in [0.29, 0.717) is 28.6 Å². The van der Waals surface area contributed by atoms with Gasteiger partial charge < -0.3 is 16.4 Å². The number of rotatable bonds is 5. The summed E-state index contributed by atoms with van der Waals surface area (Å²) in [6, 6.07) is 22.0. The largest absolute Gasteiger partial charge is 0.397 e. The van der Waals surface area contributed by atoms with Crippen LogP contribution < -0.4 is 16.4 Å². The number of hydrogen-bond acceptors (Lipinski definition) is 6. The number of imidazole rings is 1. The minimum atomic E-state index is -0.257. The summed E-state index contributed by atoms with van der Waals surface area (Å²) in [5.41, 5.74) is 11.6. The van der Waals surface area contributed by atoms with E-state index >= 15 is 0 Å². The smallest absolute Gasteiger partial charge is 0.255 e. The third kappa shape index (κ3) is 4.09. The minimum absolute atomic E-state index is 0.257. The number of nitrogens with one attached hydrogen (secondary N) is 2. The molecule has 0 aliphatic heterocycles. The van der Waals surface area contributed by atoms with Gasteiger partial charge in [0.05, 0.1) is 28.5 Å². The molecule has 2 aromatic carbocycles. The van der Waals surface area contributed by atoms with Gasteiger partial charge in [-0.05, 0) is 55.5 Å². The molecule has 5 rings (SSSR count). The third-order valence-corrected chi connectivity index (χ3v) is 5.19. The highest BCUT2D eigenvalue weighted by Crippen LogP contribution is 2.25.